The lowest BCUT2D eigenvalue weighted by molar-refractivity contribution is -0.138. The maximum atomic E-state index is 14.7. The number of pyridine rings is 2. The molecule has 1 N–H and O–H groups in total. The lowest BCUT2D eigenvalue weighted by atomic mass is 9.95. The van der Waals surface area contributed by atoms with Gasteiger partial charge in [-0.05, 0) is 55.8 Å². The number of halogens is 3. The Morgan fingerprint density at radius 2 is 1.97 bits per heavy atom. The Labute approximate surface area is 225 Å². The first-order valence-corrected chi connectivity index (χ1v) is 13.2. The van der Waals surface area contributed by atoms with Crippen LogP contribution in [0.1, 0.15) is 34.6 Å². The molecular weight excluding hydrogens is 527 g/mol. The van der Waals surface area contributed by atoms with Crippen molar-refractivity contribution in [1.82, 2.24) is 29.5 Å². The number of nitrogens with zero attached hydrogens (tertiary/aromatic N) is 6. The molecule has 8 nitrogen and oxygen atoms in total. The van der Waals surface area contributed by atoms with Gasteiger partial charge in [0.05, 0.1) is 39.7 Å². The number of carbonyl (C=O) groups is 1. The molecule has 12 heteroatoms. The molecule has 0 saturated heterocycles. The molecule has 0 bridgehead atoms. The zero-order valence-corrected chi connectivity index (χ0v) is 21.7. The Balaban J connectivity index is 1.61. The van der Waals surface area contributed by atoms with E-state index < -0.39 is 17.0 Å². The highest BCUT2D eigenvalue weighted by Crippen LogP contribution is 2.50. The van der Waals surface area contributed by atoms with Crippen LogP contribution in [-0.2, 0) is 17.5 Å². The minimum Gasteiger partial charge on any atom is -0.310 e. The highest BCUT2D eigenvalue weighted by molar-refractivity contribution is 8.00. The summed E-state index contributed by atoms with van der Waals surface area (Å²) in [5, 5.41) is 11.6. The number of hydrogen-bond donors (Lipinski definition) is 1. The molecule has 1 unspecified atom stereocenters. The fourth-order valence-electron chi connectivity index (χ4n) is 4.85. The molecule has 39 heavy (non-hydrogen) atoms. The maximum Gasteiger partial charge on any atom is 0.416 e. The number of alkyl halides is 3. The van der Waals surface area contributed by atoms with E-state index in [9.17, 15) is 18.0 Å². The molecule has 1 atom stereocenters. The van der Waals surface area contributed by atoms with E-state index in [4.69, 9.17) is 0 Å². The minimum atomic E-state index is -4.66. The van der Waals surface area contributed by atoms with E-state index >= 15 is 0 Å². The van der Waals surface area contributed by atoms with Gasteiger partial charge in [-0.3, -0.25) is 14.8 Å². The number of nitrogens with one attached hydrogen (secondary N) is 1. The predicted octanol–water partition coefficient (Wildman–Crippen LogP) is 5.80. The van der Waals surface area contributed by atoms with Crippen LogP contribution in [0.4, 0.5) is 19.0 Å². The maximum absolute atomic E-state index is 14.7. The Bertz CT molecular complexity index is 1710. The Morgan fingerprint density at radius 1 is 1.13 bits per heavy atom. The number of amides is 1. The molecule has 0 fully saturated rings. The van der Waals surface area contributed by atoms with Crippen molar-refractivity contribution >= 4 is 34.4 Å². The summed E-state index contributed by atoms with van der Waals surface area (Å²) >= 11 is 1.14. The molecule has 6 rings (SSSR count). The molecule has 5 heterocycles. The predicted molar refractivity (Wildman–Crippen MR) is 143 cm³/mol. The van der Waals surface area contributed by atoms with Gasteiger partial charge < -0.3 is 5.32 Å². The third kappa shape index (κ3) is 4.44. The van der Waals surface area contributed by atoms with Crippen molar-refractivity contribution < 1.29 is 18.0 Å². The van der Waals surface area contributed by atoms with Crippen LogP contribution in [0.2, 0.25) is 0 Å². The number of aryl methyl sites for hydroxylation is 2. The summed E-state index contributed by atoms with van der Waals surface area (Å²) in [5.74, 6) is 0.0612. The molecule has 1 aromatic carbocycles. The van der Waals surface area contributed by atoms with Crippen LogP contribution >= 0.6 is 11.8 Å². The van der Waals surface area contributed by atoms with E-state index in [1.54, 1.807) is 60.5 Å². The first-order chi connectivity index (χ1) is 18.7. The number of fused-ring (bicyclic) bond motifs is 2. The molecule has 1 aliphatic rings. The minimum absolute atomic E-state index is 0.0182. The van der Waals surface area contributed by atoms with Gasteiger partial charge in [0.15, 0.2) is 0 Å². The van der Waals surface area contributed by atoms with Crippen molar-refractivity contribution in [2.75, 3.05) is 11.1 Å². The van der Waals surface area contributed by atoms with Gasteiger partial charge in [-0.2, -0.15) is 23.4 Å². The second kappa shape index (κ2) is 9.53. The third-order valence-corrected chi connectivity index (χ3v) is 7.80. The van der Waals surface area contributed by atoms with Crippen LogP contribution < -0.4 is 5.32 Å². The zero-order valence-electron chi connectivity index (χ0n) is 20.9. The first-order valence-electron chi connectivity index (χ1n) is 12.2. The number of rotatable bonds is 4. The molecular formula is C27H22F3N7OS. The summed E-state index contributed by atoms with van der Waals surface area (Å²) < 4.78 is 47.2. The number of thioether (sulfide) groups is 1. The SMILES string of the molecule is CCn1nc(-c2ccccn2)c2c1NC(=O)CSC2c1cc2cnn(-c3ccnc(C)c3)c2cc1C(F)(F)F. The third-order valence-electron chi connectivity index (χ3n) is 6.55. The quantitative estimate of drug-likeness (QED) is 0.305. The summed E-state index contributed by atoms with van der Waals surface area (Å²) in [7, 11) is 0. The van der Waals surface area contributed by atoms with Crippen molar-refractivity contribution in [1.29, 1.82) is 0 Å². The number of carbonyl (C=O) groups excluding carboxylic acids is 1. The number of aromatic nitrogens is 6. The van der Waals surface area contributed by atoms with Crippen molar-refractivity contribution in [3.05, 3.63) is 83.4 Å². The average Bonchev–Trinajstić information content (AvgIpc) is 3.45. The van der Waals surface area contributed by atoms with Gasteiger partial charge in [-0.15, -0.1) is 11.8 Å². The lowest BCUT2D eigenvalue weighted by Crippen LogP contribution is -2.16. The Morgan fingerprint density at radius 3 is 2.69 bits per heavy atom. The number of benzene rings is 1. The van der Waals surface area contributed by atoms with Crippen molar-refractivity contribution in [2.45, 2.75) is 31.8 Å². The summed E-state index contributed by atoms with van der Waals surface area (Å²) in [6.45, 7) is 4.08. The zero-order chi connectivity index (χ0) is 27.3. The molecule has 198 valence electrons. The smallest absolute Gasteiger partial charge is 0.310 e. The monoisotopic (exact) mass is 549 g/mol. The molecule has 0 radical (unpaired) electrons. The fourth-order valence-corrected chi connectivity index (χ4v) is 6.01. The molecule has 4 aromatic heterocycles. The van der Waals surface area contributed by atoms with Crippen LogP contribution in [0.3, 0.4) is 0 Å². The second-order valence-corrected chi connectivity index (χ2v) is 10.2. The van der Waals surface area contributed by atoms with Crippen LogP contribution in [0.25, 0.3) is 28.0 Å². The van der Waals surface area contributed by atoms with E-state index in [1.165, 1.54) is 10.7 Å². The first kappa shape index (κ1) is 25.1. The normalized spacial score (nSPS) is 15.7. The van der Waals surface area contributed by atoms with E-state index in [0.29, 0.717) is 45.9 Å². The van der Waals surface area contributed by atoms with Gasteiger partial charge in [-0.25, -0.2) is 9.36 Å². The van der Waals surface area contributed by atoms with Gasteiger partial charge >= 0.3 is 6.18 Å². The Kier molecular flexibility index (Phi) is 6.13. The van der Waals surface area contributed by atoms with E-state index in [2.05, 4.69) is 25.5 Å². The van der Waals surface area contributed by atoms with Gasteiger partial charge in [0.1, 0.15) is 11.5 Å². The summed E-state index contributed by atoms with van der Waals surface area (Å²) in [5.41, 5.74) is 2.33. The summed E-state index contributed by atoms with van der Waals surface area (Å²) in [4.78, 5) is 21.3. The highest BCUT2D eigenvalue weighted by atomic mass is 32.2. The Hall–Kier alpha value is -4.19. The summed E-state index contributed by atoms with van der Waals surface area (Å²) in [6.07, 6.45) is 0.0840. The van der Waals surface area contributed by atoms with E-state index in [0.717, 1.165) is 23.5 Å². The number of anilines is 1. The standard InChI is InChI=1S/C27H22F3N7OS/c1-3-36-26-23(24(35-36)20-6-4-5-8-32-20)25(39-14-22(38)34-26)18-11-16-13-33-37(17-7-9-31-15(2)10-17)21(16)12-19(18)27(28,29)30/h4-13,25H,3,14H2,1-2H3,(H,34,38). The summed E-state index contributed by atoms with van der Waals surface area (Å²) in [6, 6.07) is 11.4. The molecule has 0 spiro atoms. The van der Waals surface area contributed by atoms with Gasteiger partial charge in [0.25, 0.3) is 0 Å². The molecule has 0 saturated carbocycles. The van der Waals surface area contributed by atoms with Crippen LogP contribution in [-0.4, -0.2) is 41.2 Å². The van der Waals surface area contributed by atoms with Crippen LogP contribution in [0.5, 0.6) is 0 Å². The van der Waals surface area contributed by atoms with Crippen molar-refractivity contribution in [3.8, 4) is 17.1 Å². The molecule has 1 amide bonds. The largest absolute Gasteiger partial charge is 0.416 e. The van der Waals surface area contributed by atoms with Crippen LogP contribution in [0.15, 0.2) is 61.1 Å². The molecule has 1 aliphatic heterocycles. The van der Waals surface area contributed by atoms with Crippen molar-refractivity contribution in [3.63, 3.8) is 0 Å². The van der Waals surface area contributed by atoms with Gasteiger partial charge in [0, 0.05) is 35.6 Å². The van der Waals surface area contributed by atoms with Gasteiger partial charge in [-0.1, -0.05) is 6.07 Å². The number of hydrogen-bond acceptors (Lipinski definition) is 6. The fraction of sp³-hybridized carbons (Fsp3) is 0.222. The van der Waals surface area contributed by atoms with Gasteiger partial charge in [0.2, 0.25) is 5.91 Å². The van der Waals surface area contributed by atoms with E-state index in [1.807, 2.05) is 6.92 Å². The molecule has 5 aromatic rings. The van der Waals surface area contributed by atoms with Crippen molar-refractivity contribution in [2.24, 2.45) is 0 Å². The average molecular weight is 550 g/mol. The highest BCUT2D eigenvalue weighted by Gasteiger charge is 2.40. The lowest BCUT2D eigenvalue weighted by Gasteiger charge is -2.21. The molecule has 0 aliphatic carbocycles. The van der Waals surface area contributed by atoms with E-state index in [-0.39, 0.29) is 17.2 Å². The second-order valence-electron chi connectivity index (χ2n) is 9.09. The van der Waals surface area contributed by atoms with Crippen LogP contribution in [0, 0.1) is 6.92 Å². The topological polar surface area (TPSA) is 90.5 Å².